The van der Waals surface area contributed by atoms with Crippen molar-refractivity contribution in [1.82, 2.24) is 9.88 Å². The molecule has 1 N–H and O–H groups in total. The van der Waals surface area contributed by atoms with Crippen molar-refractivity contribution in [3.63, 3.8) is 0 Å². The number of amides is 1. The van der Waals surface area contributed by atoms with Gasteiger partial charge in [0, 0.05) is 29.9 Å². The first-order chi connectivity index (χ1) is 15.3. The number of nitrogens with one attached hydrogen (secondary N) is 1. The molecule has 0 radical (unpaired) electrons. The third kappa shape index (κ3) is 5.28. The Hall–Kier alpha value is -3.34. The van der Waals surface area contributed by atoms with Crippen LogP contribution in [0.25, 0.3) is 11.1 Å². The molecular formula is C27H32N2O3. The summed E-state index contributed by atoms with van der Waals surface area (Å²) in [5, 5.41) is 0. The molecule has 1 heterocycles. The molecule has 0 atom stereocenters. The monoisotopic (exact) mass is 432 g/mol. The van der Waals surface area contributed by atoms with E-state index >= 15 is 0 Å². The second kappa shape index (κ2) is 10.3. The zero-order chi connectivity index (χ0) is 23.3. The Morgan fingerprint density at radius 1 is 1.00 bits per heavy atom. The Kier molecular flexibility index (Phi) is 7.52. The highest BCUT2D eigenvalue weighted by molar-refractivity contribution is 5.96. The van der Waals surface area contributed by atoms with Crippen molar-refractivity contribution in [2.24, 2.45) is 5.92 Å². The summed E-state index contributed by atoms with van der Waals surface area (Å²) in [6, 6.07) is 17.7. The van der Waals surface area contributed by atoms with Gasteiger partial charge in [-0.2, -0.15) is 0 Å². The van der Waals surface area contributed by atoms with Crippen molar-refractivity contribution in [1.29, 1.82) is 0 Å². The van der Waals surface area contributed by atoms with Crippen LogP contribution >= 0.6 is 0 Å². The van der Waals surface area contributed by atoms with E-state index in [1.165, 1.54) is 0 Å². The first-order valence-electron chi connectivity index (χ1n) is 11.1. The predicted molar refractivity (Wildman–Crippen MR) is 128 cm³/mol. The third-order valence-corrected chi connectivity index (χ3v) is 5.43. The number of carbonyl (C=O) groups is 2. The van der Waals surface area contributed by atoms with Crippen molar-refractivity contribution in [3.05, 3.63) is 82.7 Å². The minimum atomic E-state index is -0.351. The molecule has 32 heavy (non-hydrogen) atoms. The van der Waals surface area contributed by atoms with Gasteiger partial charge in [-0.25, -0.2) is 4.79 Å². The number of hydrogen-bond acceptors (Lipinski definition) is 3. The first kappa shape index (κ1) is 23.3. The molecule has 168 valence electrons. The fraction of sp³-hybridized carbons (Fsp3) is 0.333. The number of aromatic amines is 1. The minimum absolute atomic E-state index is 0.0174. The van der Waals surface area contributed by atoms with Gasteiger partial charge in [-0.3, -0.25) is 4.79 Å². The molecule has 1 amide bonds. The lowest BCUT2D eigenvalue weighted by Crippen LogP contribution is -2.33. The third-order valence-electron chi connectivity index (χ3n) is 5.43. The zero-order valence-corrected chi connectivity index (χ0v) is 19.6. The summed E-state index contributed by atoms with van der Waals surface area (Å²) < 4.78 is 5.15. The fourth-order valence-corrected chi connectivity index (χ4v) is 4.02. The van der Waals surface area contributed by atoms with Gasteiger partial charge in [0.25, 0.3) is 5.91 Å². The van der Waals surface area contributed by atoms with Crippen LogP contribution in [0.5, 0.6) is 0 Å². The molecule has 5 heteroatoms. The Bertz CT molecular complexity index is 1070. The highest BCUT2D eigenvalue weighted by Gasteiger charge is 2.21. The van der Waals surface area contributed by atoms with Gasteiger partial charge in [0.1, 0.15) is 5.69 Å². The van der Waals surface area contributed by atoms with E-state index < -0.39 is 0 Å². The quantitative estimate of drug-likeness (QED) is 0.459. The Morgan fingerprint density at radius 2 is 1.66 bits per heavy atom. The fourth-order valence-electron chi connectivity index (χ4n) is 4.02. The van der Waals surface area contributed by atoms with Crippen molar-refractivity contribution >= 4 is 11.9 Å². The molecule has 0 aliphatic rings. The predicted octanol–water partition coefficient (Wildman–Crippen LogP) is 5.77. The van der Waals surface area contributed by atoms with Crippen LogP contribution in [0, 0.1) is 19.8 Å². The van der Waals surface area contributed by atoms with Gasteiger partial charge in [0.2, 0.25) is 0 Å². The van der Waals surface area contributed by atoms with Gasteiger partial charge in [-0.1, -0.05) is 56.3 Å². The smallest absolute Gasteiger partial charge is 0.355 e. The second-order valence-corrected chi connectivity index (χ2v) is 8.49. The second-order valence-electron chi connectivity index (χ2n) is 8.49. The lowest BCUT2D eigenvalue weighted by Gasteiger charge is -2.25. The van der Waals surface area contributed by atoms with Crippen LogP contribution < -0.4 is 0 Å². The molecular weight excluding hydrogens is 400 g/mol. The van der Waals surface area contributed by atoms with Crippen molar-refractivity contribution in [2.45, 2.75) is 41.2 Å². The summed E-state index contributed by atoms with van der Waals surface area (Å²) in [5.41, 5.74) is 5.92. The van der Waals surface area contributed by atoms with Gasteiger partial charge < -0.3 is 14.6 Å². The number of H-pyrrole nitrogens is 1. The van der Waals surface area contributed by atoms with Crippen LogP contribution in [0.4, 0.5) is 0 Å². The number of esters is 1. The molecule has 0 fully saturated rings. The zero-order valence-electron chi connectivity index (χ0n) is 19.6. The number of aryl methyl sites for hydroxylation is 1. The number of nitrogens with zero attached hydrogens (tertiary/aromatic N) is 1. The average molecular weight is 433 g/mol. The Morgan fingerprint density at radius 3 is 2.25 bits per heavy atom. The molecule has 0 aliphatic carbocycles. The molecule has 0 saturated heterocycles. The van der Waals surface area contributed by atoms with Gasteiger partial charge in [0.15, 0.2) is 0 Å². The normalized spacial score (nSPS) is 10.9. The molecule has 0 spiro atoms. The molecule has 0 aliphatic heterocycles. The number of hydrogen-bond donors (Lipinski definition) is 1. The SMILES string of the molecule is CCOC(=O)c1[nH]c(C)c(-c2ccc(C(=O)N(Cc3ccccc3)CC(C)C)cc2)c1C. The maximum Gasteiger partial charge on any atom is 0.355 e. The number of ether oxygens (including phenoxy) is 1. The number of carbonyl (C=O) groups excluding carboxylic acids is 2. The number of aromatic nitrogens is 1. The average Bonchev–Trinajstić information content (AvgIpc) is 3.07. The van der Waals surface area contributed by atoms with E-state index in [4.69, 9.17) is 4.74 Å². The largest absolute Gasteiger partial charge is 0.461 e. The van der Waals surface area contributed by atoms with Crippen LogP contribution in [-0.4, -0.2) is 34.9 Å². The van der Waals surface area contributed by atoms with Crippen LogP contribution in [0.3, 0.4) is 0 Å². The van der Waals surface area contributed by atoms with E-state index in [1.807, 2.05) is 73.3 Å². The highest BCUT2D eigenvalue weighted by atomic mass is 16.5. The van der Waals surface area contributed by atoms with E-state index in [2.05, 4.69) is 18.8 Å². The van der Waals surface area contributed by atoms with E-state index in [0.29, 0.717) is 36.9 Å². The van der Waals surface area contributed by atoms with Crippen molar-refractivity contribution in [2.75, 3.05) is 13.2 Å². The molecule has 3 aromatic rings. The molecule has 0 saturated carbocycles. The summed E-state index contributed by atoms with van der Waals surface area (Å²) in [5.74, 6) is 0.0357. The van der Waals surface area contributed by atoms with E-state index in [1.54, 1.807) is 6.92 Å². The highest BCUT2D eigenvalue weighted by Crippen LogP contribution is 2.30. The molecule has 0 unspecified atom stereocenters. The van der Waals surface area contributed by atoms with Crippen molar-refractivity contribution < 1.29 is 14.3 Å². The molecule has 1 aromatic heterocycles. The summed E-state index contributed by atoms with van der Waals surface area (Å²) >= 11 is 0. The maximum atomic E-state index is 13.3. The molecule has 5 nitrogen and oxygen atoms in total. The Labute approximate surface area is 190 Å². The lowest BCUT2D eigenvalue weighted by atomic mass is 9.99. The van der Waals surface area contributed by atoms with Crippen LogP contribution in [0.15, 0.2) is 54.6 Å². The first-order valence-corrected chi connectivity index (χ1v) is 11.1. The molecule has 3 rings (SSSR count). The topological polar surface area (TPSA) is 62.4 Å². The summed E-state index contributed by atoms with van der Waals surface area (Å²) in [6.45, 7) is 11.5. The van der Waals surface area contributed by atoms with E-state index in [-0.39, 0.29) is 11.9 Å². The number of benzene rings is 2. The standard InChI is InChI=1S/C27H32N2O3/c1-6-32-27(31)25-19(4)24(20(5)28-25)22-12-14-23(15-13-22)26(30)29(16-18(2)3)17-21-10-8-7-9-11-21/h7-15,18,28H,6,16-17H2,1-5H3. The number of rotatable bonds is 8. The van der Waals surface area contributed by atoms with Crippen LogP contribution in [0.2, 0.25) is 0 Å². The van der Waals surface area contributed by atoms with Gasteiger partial charge >= 0.3 is 5.97 Å². The molecule has 2 aromatic carbocycles. The summed E-state index contributed by atoms with van der Waals surface area (Å²) in [7, 11) is 0. The maximum absolute atomic E-state index is 13.3. The summed E-state index contributed by atoms with van der Waals surface area (Å²) in [4.78, 5) is 30.6. The van der Waals surface area contributed by atoms with E-state index in [9.17, 15) is 9.59 Å². The minimum Gasteiger partial charge on any atom is -0.461 e. The van der Waals surface area contributed by atoms with Gasteiger partial charge in [-0.15, -0.1) is 0 Å². The molecule has 0 bridgehead atoms. The van der Waals surface area contributed by atoms with E-state index in [0.717, 1.165) is 27.9 Å². The van der Waals surface area contributed by atoms with Crippen molar-refractivity contribution in [3.8, 4) is 11.1 Å². The van der Waals surface area contributed by atoms with Gasteiger partial charge in [0.05, 0.1) is 6.61 Å². The summed E-state index contributed by atoms with van der Waals surface area (Å²) in [6.07, 6.45) is 0. The van der Waals surface area contributed by atoms with Crippen LogP contribution in [-0.2, 0) is 11.3 Å². The lowest BCUT2D eigenvalue weighted by molar-refractivity contribution is 0.0519. The van der Waals surface area contributed by atoms with Crippen LogP contribution in [0.1, 0.15) is 58.4 Å². The Balaban J connectivity index is 1.85. The van der Waals surface area contributed by atoms with Gasteiger partial charge in [-0.05, 0) is 55.5 Å².